The van der Waals surface area contributed by atoms with Gasteiger partial charge < -0.3 is 20.3 Å². The van der Waals surface area contributed by atoms with Crippen LogP contribution in [0.5, 0.6) is 0 Å². The summed E-state index contributed by atoms with van der Waals surface area (Å²) in [7, 11) is 0. The number of ether oxygens (including phenoxy) is 1. The van der Waals surface area contributed by atoms with E-state index in [9.17, 15) is 0 Å². The normalized spacial score (nSPS) is 25.0. The Morgan fingerprint density at radius 2 is 1.97 bits per heavy atom. The zero-order valence-corrected chi connectivity index (χ0v) is 21.4. The molecular formula is C24H41IN4O. The van der Waals surface area contributed by atoms with Crippen LogP contribution >= 0.6 is 24.0 Å². The topological polar surface area (TPSA) is 48.9 Å². The minimum atomic E-state index is 0. The lowest BCUT2D eigenvalue weighted by Crippen LogP contribution is -2.42. The fourth-order valence-electron chi connectivity index (χ4n) is 4.55. The van der Waals surface area contributed by atoms with Gasteiger partial charge >= 0.3 is 0 Å². The minimum Gasteiger partial charge on any atom is -0.373 e. The van der Waals surface area contributed by atoms with E-state index >= 15 is 0 Å². The van der Waals surface area contributed by atoms with Gasteiger partial charge in [-0.05, 0) is 64.1 Å². The predicted molar refractivity (Wildman–Crippen MR) is 137 cm³/mol. The Balaban J connectivity index is 0.00000320. The molecule has 0 bridgehead atoms. The van der Waals surface area contributed by atoms with Crippen molar-refractivity contribution >= 4 is 29.9 Å². The lowest BCUT2D eigenvalue weighted by Gasteiger charge is -2.32. The number of aryl methyl sites for hydroxylation is 1. The number of aliphatic imine (C=N–C) groups is 1. The fraction of sp³-hybridized carbons (Fsp3) is 0.708. The largest absolute Gasteiger partial charge is 0.373 e. The average Bonchev–Trinajstić information content (AvgIpc) is 3.19. The quantitative estimate of drug-likeness (QED) is 0.299. The first-order valence-electron chi connectivity index (χ1n) is 11.6. The molecule has 0 aliphatic carbocycles. The van der Waals surface area contributed by atoms with Gasteiger partial charge in [0.1, 0.15) is 0 Å². The molecule has 0 amide bonds. The monoisotopic (exact) mass is 528 g/mol. The number of hydrogen-bond acceptors (Lipinski definition) is 3. The summed E-state index contributed by atoms with van der Waals surface area (Å²) in [6.45, 7) is 13.7. The molecule has 2 aliphatic heterocycles. The summed E-state index contributed by atoms with van der Waals surface area (Å²) in [4.78, 5) is 7.49. The standard InChI is InChI=1S/C24H40N4O.HI/c1-4-13-28-14-12-20(18-28)16-26-24(25-5-2)27-17-22-7-6-15-29-23(22)21-10-8-19(3)9-11-21;/h8-11,20,22-23H,4-7,12-18H2,1-3H3,(H2,25,26,27);1H. The van der Waals surface area contributed by atoms with Gasteiger partial charge in [-0.3, -0.25) is 4.99 Å². The lowest BCUT2D eigenvalue weighted by molar-refractivity contribution is -0.0265. The number of nitrogens with one attached hydrogen (secondary N) is 2. The third-order valence-corrected chi connectivity index (χ3v) is 6.14. The van der Waals surface area contributed by atoms with Crippen LogP contribution in [0.25, 0.3) is 0 Å². The zero-order valence-electron chi connectivity index (χ0n) is 19.0. The number of halogens is 1. The first-order chi connectivity index (χ1) is 14.2. The number of guanidine groups is 1. The molecule has 0 spiro atoms. The van der Waals surface area contributed by atoms with Gasteiger partial charge in [0.25, 0.3) is 0 Å². The van der Waals surface area contributed by atoms with Crippen LogP contribution in [0.15, 0.2) is 29.3 Å². The van der Waals surface area contributed by atoms with Crippen molar-refractivity contribution in [2.75, 3.05) is 45.9 Å². The van der Waals surface area contributed by atoms with Gasteiger partial charge in [0.05, 0.1) is 6.10 Å². The number of rotatable bonds is 8. The molecule has 2 aliphatic rings. The van der Waals surface area contributed by atoms with Gasteiger partial charge in [-0.2, -0.15) is 0 Å². The van der Waals surface area contributed by atoms with Gasteiger partial charge in [-0.25, -0.2) is 0 Å². The van der Waals surface area contributed by atoms with Crippen LogP contribution < -0.4 is 10.6 Å². The smallest absolute Gasteiger partial charge is 0.191 e. The molecule has 2 N–H and O–H groups in total. The second-order valence-electron chi connectivity index (χ2n) is 8.66. The maximum Gasteiger partial charge on any atom is 0.191 e. The molecule has 5 nitrogen and oxygen atoms in total. The zero-order chi connectivity index (χ0) is 20.5. The van der Waals surface area contributed by atoms with Crippen LogP contribution in [0.3, 0.4) is 0 Å². The van der Waals surface area contributed by atoms with Crippen molar-refractivity contribution < 1.29 is 4.74 Å². The third-order valence-electron chi connectivity index (χ3n) is 6.14. The Kier molecular flexibility index (Phi) is 11.5. The van der Waals surface area contributed by atoms with Crippen molar-refractivity contribution in [3.8, 4) is 0 Å². The predicted octanol–water partition coefficient (Wildman–Crippen LogP) is 4.37. The molecule has 0 saturated carbocycles. The van der Waals surface area contributed by atoms with Gasteiger partial charge in [-0.1, -0.05) is 36.8 Å². The van der Waals surface area contributed by atoms with E-state index in [-0.39, 0.29) is 30.1 Å². The van der Waals surface area contributed by atoms with E-state index in [4.69, 9.17) is 9.73 Å². The molecule has 0 aromatic heterocycles. The van der Waals surface area contributed by atoms with Gasteiger partial charge in [-0.15, -0.1) is 24.0 Å². The highest BCUT2D eigenvalue weighted by atomic mass is 127. The SMILES string of the molecule is CCCN1CCC(CN=C(NCC)NCC2CCCOC2c2ccc(C)cc2)C1.I. The van der Waals surface area contributed by atoms with Crippen LogP contribution in [0.1, 0.15) is 56.8 Å². The van der Waals surface area contributed by atoms with E-state index in [1.807, 2.05) is 0 Å². The first kappa shape index (κ1) is 25.4. The van der Waals surface area contributed by atoms with Crippen molar-refractivity contribution in [3.63, 3.8) is 0 Å². The van der Waals surface area contributed by atoms with Crippen molar-refractivity contribution in [1.82, 2.24) is 15.5 Å². The molecule has 2 fully saturated rings. The molecule has 3 atom stereocenters. The van der Waals surface area contributed by atoms with E-state index < -0.39 is 0 Å². The average molecular weight is 529 g/mol. The molecule has 1 aromatic rings. The van der Waals surface area contributed by atoms with Crippen LogP contribution in [0, 0.1) is 18.8 Å². The second-order valence-corrected chi connectivity index (χ2v) is 8.66. The highest BCUT2D eigenvalue weighted by Crippen LogP contribution is 2.33. The number of nitrogens with zero attached hydrogens (tertiary/aromatic N) is 2. The van der Waals surface area contributed by atoms with Crippen molar-refractivity contribution in [3.05, 3.63) is 35.4 Å². The van der Waals surface area contributed by atoms with Crippen LogP contribution in [-0.2, 0) is 4.74 Å². The summed E-state index contributed by atoms with van der Waals surface area (Å²) < 4.78 is 6.18. The number of likely N-dealkylation sites (tertiary alicyclic amines) is 1. The van der Waals surface area contributed by atoms with E-state index in [1.165, 1.54) is 50.0 Å². The van der Waals surface area contributed by atoms with Crippen LogP contribution in [0.2, 0.25) is 0 Å². The fourth-order valence-corrected chi connectivity index (χ4v) is 4.55. The molecule has 3 rings (SSSR count). The van der Waals surface area contributed by atoms with Crippen LogP contribution in [-0.4, -0.2) is 56.7 Å². The van der Waals surface area contributed by atoms with E-state index in [0.717, 1.165) is 38.6 Å². The van der Waals surface area contributed by atoms with Crippen molar-refractivity contribution in [2.24, 2.45) is 16.8 Å². The summed E-state index contributed by atoms with van der Waals surface area (Å²) in [5, 5.41) is 7.04. The minimum absolute atomic E-state index is 0. The molecule has 6 heteroatoms. The molecule has 3 unspecified atom stereocenters. The van der Waals surface area contributed by atoms with E-state index in [2.05, 4.69) is 60.6 Å². The molecular weight excluding hydrogens is 487 g/mol. The Hall–Kier alpha value is -0.860. The lowest BCUT2D eigenvalue weighted by atomic mass is 9.89. The summed E-state index contributed by atoms with van der Waals surface area (Å²) in [5.41, 5.74) is 2.59. The Morgan fingerprint density at radius 1 is 1.17 bits per heavy atom. The van der Waals surface area contributed by atoms with Gasteiger partial charge in [0.2, 0.25) is 0 Å². The van der Waals surface area contributed by atoms with Crippen molar-refractivity contribution in [1.29, 1.82) is 0 Å². The molecule has 0 radical (unpaired) electrons. The molecule has 1 aromatic carbocycles. The Morgan fingerprint density at radius 3 is 2.70 bits per heavy atom. The summed E-state index contributed by atoms with van der Waals surface area (Å²) >= 11 is 0. The highest BCUT2D eigenvalue weighted by molar-refractivity contribution is 14.0. The molecule has 170 valence electrons. The maximum absolute atomic E-state index is 6.18. The Labute approximate surface area is 200 Å². The van der Waals surface area contributed by atoms with Gasteiger partial charge in [0, 0.05) is 38.7 Å². The molecule has 2 saturated heterocycles. The third kappa shape index (κ3) is 7.68. The van der Waals surface area contributed by atoms with Gasteiger partial charge in [0.15, 0.2) is 5.96 Å². The molecule has 30 heavy (non-hydrogen) atoms. The number of hydrogen-bond donors (Lipinski definition) is 2. The van der Waals surface area contributed by atoms with E-state index in [0.29, 0.717) is 11.8 Å². The summed E-state index contributed by atoms with van der Waals surface area (Å²) in [6, 6.07) is 8.82. The van der Waals surface area contributed by atoms with Crippen LogP contribution in [0.4, 0.5) is 0 Å². The summed E-state index contributed by atoms with van der Waals surface area (Å²) in [6.07, 6.45) is 5.02. The second kappa shape index (κ2) is 13.5. The number of benzene rings is 1. The first-order valence-corrected chi connectivity index (χ1v) is 11.6. The summed E-state index contributed by atoms with van der Waals surface area (Å²) in [5.74, 6) is 2.12. The Bertz CT molecular complexity index is 637. The maximum atomic E-state index is 6.18. The highest BCUT2D eigenvalue weighted by Gasteiger charge is 2.27. The van der Waals surface area contributed by atoms with Crippen molar-refractivity contribution in [2.45, 2.75) is 52.6 Å². The molecule has 2 heterocycles. The van der Waals surface area contributed by atoms with E-state index in [1.54, 1.807) is 0 Å².